The molecule has 1 aliphatic carbocycles. The second-order valence-corrected chi connectivity index (χ2v) is 4.40. The summed E-state index contributed by atoms with van der Waals surface area (Å²) in [4.78, 5) is 17.6. The molecule has 0 spiro atoms. The molecule has 0 bridgehead atoms. The Morgan fingerprint density at radius 3 is 2.82 bits per heavy atom. The summed E-state index contributed by atoms with van der Waals surface area (Å²) in [5.74, 6) is -0.279. The molecule has 1 heterocycles. The Morgan fingerprint density at radius 1 is 1.53 bits per heavy atom. The predicted molar refractivity (Wildman–Crippen MR) is 66.5 cm³/mol. The first kappa shape index (κ1) is 11.9. The molecular formula is C13H18N2O2. The average Bonchev–Trinajstić information content (AvgIpc) is 2.84. The summed E-state index contributed by atoms with van der Waals surface area (Å²) < 4.78 is 0. The van der Waals surface area contributed by atoms with Crippen molar-refractivity contribution < 1.29 is 9.90 Å². The quantitative estimate of drug-likeness (QED) is 0.869. The number of hydrogen-bond donors (Lipinski definition) is 1. The average molecular weight is 234 g/mol. The predicted octanol–water partition coefficient (Wildman–Crippen LogP) is 2.55. The molecule has 0 aromatic carbocycles. The fourth-order valence-electron chi connectivity index (χ4n) is 2.59. The number of carboxylic acids is 1. The highest BCUT2D eigenvalue weighted by Gasteiger charge is 2.25. The van der Waals surface area contributed by atoms with Crippen LogP contribution in [0.15, 0.2) is 18.3 Å². The first-order valence-corrected chi connectivity index (χ1v) is 6.19. The zero-order valence-corrected chi connectivity index (χ0v) is 10.1. The number of carbonyl (C=O) groups is 1. The summed E-state index contributed by atoms with van der Waals surface area (Å²) in [7, 11) is 0. The Morgan fingerprint density at radius 2 is 2.24 bits per heavy atom. The van der Waals surface area contributed by atoms with Crippen LogP contribution in [-0.4, -0.2) is 28.6 Å². The van der Waals surface area contributed by atoms with E-state index in [0.29, 0.717) is 17.4 Å². The molecule has 1 aromatic rings. The van der Waals surface area contributed by atoms with Gasteiger partial charge in [-0.3, -0.25) is 0 Å². The highest BCUT2D eigenvalue weighted by Crippen LogP contribution is 2.28. The van der Waals surface area contributed by atoms with Crippen molar-refractivity contribution in [2.24, 2.45) is 0 Å². The summed E-state index contributed by atoms with van der Waals surface area (Å²) >= 11 is 0. The van der Waals surface area contributed by atoms with Crippen molar-refractivity contribution in [3.63, 3.8) is 0 Å². The van der Waals surface area contributed by atoms with Gasteiger partial charge in [-0.1, -0.05) is 12.8 Å². The van der Waals surface area contributed by atoms with E-state index in [0.717, 1.165) is 19.4 Å². The monoisotopic (exact) mass is 234 g/mol. The van der Waals surface area contributed by atoms with E-state index in [4.69, 9.17) is 0 Å². The smallest absolute Gasteiger partial charge is 0.339 e. The van der Waals surface area contributed by atoms with E-state index >= 15 is 0 Å². The SMILES string of the molecule is CCN(c1ncccc1C(=O)O)C1CCCC1. The van der Waals surface area contributed by atoms with Crippen LogP contribution < -0.4 is 4.90 Å². The summed E-state index contributed by atoms with van der Waals surface area (Å²) in [6.45, 7) is 2.86. The number of nitrogens with zero attached hydrogens (tertiary/aromatic N) is 2. The van der Waals surface area contributed by atoms with Gasteiger partial charge in [0.2, 0.25) is 0 Å². The number of pyridine rings is 1. The Labute approximate surface area is 101 Å². The topological polar surface area (TPSA) is 53.4 Å². The molecule has 1 fully saturated rings. The van der Waals surface area contributed by atoms with Gasteiger partial charge in [-0.25, -0.2) is 9.78 Å². The fraction of sp³-hybridized carbons (Fsp3) is 0.538. The van der Waals surface area contributed by atoms with Crippen molar-refractivity contribution in [2.45, 2.75) is 38.6 Å². The van der Waals surface area contributed by atoms with Crippen molar-refractivity contribution in [1.29, 1.82) is 0 Å². The molecule has 1 aliphatic rings. The van der Waals surface area contributed by atoms with Gasteiger partial charge in [-0.05, 0) is 31.9 Å². The molecule has 0 radical (unpaired) electrons. The summed E-state index contributed by atoms with van der Waals surface area (Å²) in [6.07, 6.45) is 6.42. The van der Waals surface area contributed by atoms with Crippen molar-refractivity contribution in [3.05, 3.63) is 23.9 Å². The standard InChI is InChI=1S/C13H18N2O2/c1-2-15(10-6-3-4-7-10)12-11(13(16)17)8-5-9-14-12/h5,8-10H,2-4,6-7H2,1H3,(H,16,17). The molecular weight excluding hydrogens is 216 g/mol. The Bertz CT molecular complexity index is 400. The van der Waals surface area contributed by atoms with E-state index < -0.39 is 5.97 Å². The Balaban J connectivity index is 2.32. The number of hydrogen-bond acceptors (Lipinski definition) is 3. The molecule has 0 amide bonds. The van der Waals surface area contributed by atoms with E-state index in [1.807, 2.05) is 0 Å². The molecule has 0 saturated heterocycles. The van der Waals surface area contributed by atoms with Gasteiger partial charge >= 0.3 is 5.97 Å². The largest absolute Gasteiger partial charge is 0.478 e. The van der Waals surface area contributed by atoms with Crippen LogP contribution in [0, 0.1) is 0 Å². The van der Waals surface area contributed by atoms with Gasteiger partial charge in [-0.15, -0.1) is 0 Å². The van der Waals surface area contributed by atoms with Crippen molar-refractivity contribution >= 4 is 11.8 Å². The zero-order valence-electron chi connectivity index (χ0n) is 10.1. The molecule has 0 atom stereocenters. The molecule has 1 N–H and O–H groups in total. The van der Waals surface area contributed by atoms with Gasteiger partial charge in [0.15, 0.2) is 0 Å². The van der Waals surface area contributed by atoms with E-state index in [9.17, 15) is 9.90 Å². The summed E-state index contributed by atoms with van der Waals surface area (Å²) in [5, 5.41) is 9.19. The molecule has 1 saturated carbocycles. The maximum atomic E-state index is 11.2. The van der Waals surface area contributed by atoms with Gasteiger partial charge < -0.3 is 10.0 Å². The first-order chi connectivity index (χ1) is 8.24. The lowest BCUT2D eigenvalue weighted by Gasteiger charge is -2.29. The van der Waals surface area contributed by atoms with Crippen LogP contribution in [0.25, 0.3) is 0 Å². The van der Waals surface area contributed by atoms with Crippen LogP contribution in [0.2, 0.25) is 0 Å². The molecule has 92 valence electrons. The molecule has 0 aliphatic heterocycles. The van der Waals surface area contributed by atoms with Crippen molar-refractivity contribution in [1.82, 2.24) is 4.98 Å². The molecule has 1 aromatic heterocycles. The first-order valence-electron chi connectivity index (χ1n) is 6.19. The zero-order chi connectivity index (χ0) is 12.3. The molecule has 17 heavy (non-hydrogen) atoms. The third-order valence-corrected chi connectivity index (χ3v) is 3.40. The van der Waals surface area contributed by atoms with E-state index in [1.54, 1.807) is 18.3 Å². The van der Waals surface area contributed by atoms with E-state index in [-0.39, 0.29) is 0 Å². The van der Waals surface area contributed by atoms with Crippen LogP contribution in [-0.2, 0) is 0 Å². The molecule has 0 unspecified atom stereocenters. The number of anilines is 1. The van der Waals surface area contributed by atoms with E-state index in [2.05, 4.69) is 16.8 Å². The summed E-state index contributed by atoms with van der Waals surface area (Å²) in [5.41, 5.74) is 0.307. The molecule has 4 nitrogen and oxygen atoms in total. The lowest BCUT2D eigenvalue weighted by Crippen LogP contribution is -2.34. The van der Waals surface area contributed by atoms with Crippen molar-refractivity contribution in [3.8, 4) is 0 Å². The van der Waals surface area contributed by atoms with Gasteiger partial charge in [-0.2, -0.15) is 0 Å². The minimum atomic E-state index is -0.899. The number of carboxylic acid groups (broad SMARTS) is 1. The third-order valence-electron chi connectivity index (χ3n) is 3.40. The Kier molecular flexibility index (Phi) is 3.61. The maximum absolute atomic E-state index is 11.2. The number of rotatable bonds is 4. The summed E-state index contributed by atoms with van der Waals surface area (Å²) in [6, 6.07) is 3.76. The van der Waals surface area contributed by atoms with Gasteiger partial charge in [0, 0.05) is 18.8 Å². The van der Waals surface area contributed by atoms with E-state index in [1.165, 1.54) is 12.8 Å². The highest BCUT2D eigenvalue weighted by atomic mass is 16.4. The van der Waals surface area contributed by atoms with Crippen LogP contribution in [0.4, 0.5) is 5.82 Å². The normalized spacial score (nSPS) is 16.1. The minimum absolute atomic E-state index is 0.307. The van der Waals surface area contributed by atoms with Crippen LogP contribution in [0.3, 0.4) is 0 Å². The number of aromatic carboxylic acids is 1. The third kappa shape index (κ3) is 2.40. The fourth-order valence-corrected chi connectivity index (χ4v) is 2.59. The van der Waals surface area contributed by atoms with Gasteiger partial charge in [0.25, 0.3) is 0 Å². The Hall–Kier alpha value is -1.58. The second-order valence-electron chi connectivity index (χ2n) is 4.40. The van der Waals surface area contributed by atoms with Gasteiger partial charge in [0.05, 0.1) is 0 Å². The second kappa shape index (κ2) is 5.17. The molecule has 4 heteroatoms. The maximum Gasteiger partial charge on any atom is 0.339 e. The van der Waals surface area contributed by atoms with Crippen LogP contribution in [0.5, 0.6) is 0 Å². The van der Waals surface area contributed by atoms with Crippen LogP contribution in [0.1, 0.15) is 43.0 Å². The van der Waals surface area contributed by atoms with Gasteiger partial charge in [0.1, 0.15) is 11.4 Å². The molecule has 2 rings (SSSR count). The highest BCUT2D eigenvalue weighted by molar-refractivity contribution is 5.93. The minimum Gasteiger partial charge on any atom is -0.478 e. The lowest BCUT2D eigenvalue weighted by atomic mass is 10.1. The van der Waals surface area contributed by atoms with Crippen LogP contribution >= 0.6 is 0 Å². The number of aromatic nitrogens is 1. The lowest BCUT2D eigenvalue weighted by molar-refractivity contribution is 0.0697. The van der Waals surface area contributed by atoms with Crippen molar-refractivity contribution in [2.75, 3.05) is 11.4 Å².